The van der Waals surface area contributed by atoms with Crippen LogP contribution in [-0.4, -0.2) is 47.5 Å². The predicted molar refractivity (Wildman–Crippen MR) is 221 cm³/mol. The first-order chi connectivity index (χ1) is 26.1. The Bertz CT molecular complexity index is 2310. The minimum absolute atomic E-state index is 0.108. The maximum Gasteiger partial charge on any atom is 0.337 e. The Balaban J connectivity index is 0.000000211. The van der Waals surface area contributed by atoms with E-state index in [1.165, 1.54) is 54.0 Å². The molecule has 2 heterocycles. The van der Waals surface area contributed by atoms with E-state index in [4.69, 9.17) is 9.84 Å². The molecule has 2 amide bonds. The number of thioether (sulfide) groups is 2. The average molecular weight is 773 g/mol. The molecule has 0 aliphatic carbocycles. The molecule has 0 saturated carbocycles. The van der Waals surface area contributed by atoms with Crippen molar-refractivity contribution < 1.29 is 29.0 Å². The summed E-state index contributed by atoms with van der Waals surface area (Å²) in [4.78, 5) is 48.6. The largest absolute Gasteiger partial charge is 0.478 e. The van der Waals surface area contributed by atoms with Crippen molar-refractivity contribution in [2.75, 3.05) is 29.2 Å². The van der Waals surface area contributed by atoms with Gasteiger partial charge in [0.2, 0.25) is 11.8 Å². The second kappa shape index (κ2) is 17.4. The second-order valence-corrected chi connectivity index (χ2v) is 16.8. The molecular weight excluding hydrogens is 729 g/mol. The summed E-state index contributed by atoms with van der Waals surface area (Å²) >= 11 is 3.77. The van der Waals surface area contributed by atoms with E-state index in [1.807, 2.05) is 35.7 Å². The zero-order chi connectivity index (χ0) is 39.9. The zero-order valence-electron chi connectivity index (χ0n) is 32.1. The SMILES string of the molecule is CC(=O)Nc1cc(C(=O)O)ccc1C#Cc1ccc2c(c1)C(C)(C)CCS2.COC(=O)c1ccc(C#Cc2ccc3c(c2)C(C)(C)CCS3)c(NC(C)=O)c1. The van der Waals surface area contributed by atoms with Crippen molar-refractivity contribution >= 4 is 58.7 Å². The molecule has 0 unspecified atom stereocenters. The Morgan fingerprint density at radius 3 is 1.49 bits per heavy atom. The summed E-state index contributed by atoms with van der Waals surface area (Å²) in [6.45, 7) is 11.8. The van der Waals surface area contributed by atoms with Crippen LogP contribution in [0.2, 0.25) is 0 Å². The van der Waals surface area contributed by atoms with Crippen molar-refractivity contribution in [1.82, 2.24) is 0 Å². The molecule has 2 aliphatic heterocycles. The number of ether oxygens (including phenoxy) is 1. The van der Waals surface area contributed by atoms with Crippen LogP contribution in [0.1, 0.15) is 108 Å². The third-order valence-corrected chi connectivity index (χ3v) is 11.5. The molecular formula is C45H44N2O6S2. The molecule has 55 heavy (non-hydrogen) atoms. The normalized spacial score (nSPS) is 14.4. The molecule has 0 saturated heterocycles. The number of aromatic carboxylic acids is 1. The van der Waals surface area contributed by atoms with Gasteiger partial charge in [-0.15, -0.1) is 23.5 Å². The number of nitrogens with one attached hydrogen (secondary N) is 2. The molecule has 4 aromatic carbocycles. The summed E-state index contributed by atoms with van der Waals surface area (Å²) in [5.41, 5.74) is 7.36. The molecule has 8 nitrogen and oxygen atoms in total. The summed E-state index contributed by atoms with van der Waals surface area (Å²) < 4.78 is 4.75. The van der Waals surface area contributed by atoms with E-state index in [0.717, 1.165) is 35.5 Å². The van der Waals surface area contributed by atoms with Crippen LogP contribution in [0.4, 0.5) is 11.4 Å². The van der Waals surface area contributed by atoms with Crippen LogP contribution >= 0.6 is 23.5 Å². The number of rotatable bonds is 4. The number of anilines is 2. The van der Waals surface area contributed by atoms with Crippen LogP contribution < -0.4 is 10.6 Å². The summed E-state index contributed by atoms with van der Waals surface area (Å²) in [6.07, 6.45) is 2.27. The molecule has 0 atom stereocenters. The van der Waals surface area contributed by atoms with Gasteiger partial charge < -0.3 is 20.5 Å². The fourth-order valence-electron chi connectivity index (χ4n) is 6.18. The van der Waals surface area contributed by atoms with Gasteiger partial charge in [0.25, 0.3) is 0 Å². The van der Waals surface area contributed by atoms with Crippen LogP contribution in [0.3, 0.4) is 0 Å². The minimum Gasteiger partial charge on any atom is -0.478 e. The van der Waals surface area contributed by atoms with E-state index in [-0.39, 0.29) is 28.2 Å². The van der Waals surface area contributed by atoms with Crippen LogP contribution in [0.25, 0.3) is 0 Å². The summed E-state index contributed by atoms with van der Waals surface area (Å²) in [6, 6.07) is 22.1. The third-order valence-electron chi connectivity index (χ3n) is 9.40. The fraction of sp³-hybridized carbons (Fsp3) is 0.289. The van der Waals surface area contributed by atoms with Gasteiger partial charge in [-0.1, -0.05) is 51.4 Å². The molecule has 0 radical (unpaired) electrons. The van der Waals surface area contributed by atoms with Crippen LogP contribution in [0, 0.1) is 23.7 Å². The van der Waals surface area contributed by atoms with Crippen LogP contribution in [0.5, 0.6) is 0 Å². The number of carbonyl (C=O) groups is 4. The first-order valence-corrected chi connectivity index (χ1v) is 19.8. The summed E-state index contributed by atoms with van der Waals surface area (Å²) in [7, 11) is 1.32. The van der Waals surface area contributed by atoms with Gasteiger partial charge in [0, 0.05) is 45.9 Å². The third kappa shape index (κ3) is 10.4. The highest BCUT2D eigenvalue weighted by Crippen LogP contribution is 2.42. The predicted octanol–water partition coefficient (Wildman–Crippen LogP) is 9.12. The number of carboxylic acid groups (broad SMARTS) is 1. The van der Waals surface area contributed by atoms with E-state index in [2.05, 4.69) is 86.3 Å². The number of hydrogen-bond acceptors (Lipinski definition) is 7. The Labute approximate surface area is 331 Å². The number of methoxy groups -OCH3 is 1. The monoisotopic (exact) mass is 772 g/mol. The van der Waals surface area contributed by atoms with Gasteiger partial charge in [-0.05, 0) is 119 Å². The molecule has 0 spiro atoms. The molecule has 0 aromatic heterocycles. The quantitative estimate of drug-likeness (QED) is 0.139. The lowest BCUT2D eigenvalue weighted by Crippen LogP contribution is -2.22. The molecule has 0 fully saturated rings. The summed E-state index contributed by atoms with van der Waals surface area (Å²) in [5, 5.41) is 14.6. The van der Waals surface area contributed by atoms with Gasteiger partial charge in [-0.25, -0.2) is 9.59 Å². The molecule has 10 heteroatoms. The molecule has 282 valence electrons. The van der Waals surface area contributed by atoms with Gasteiger partial charge >= 0.3 is 11.9 Å². The number of carbonyl (C=O) groups excluding carboxylic acids is 3. The second-order valence-electron chi connectivity index (χ2n) is 14.6. The Kier molecular flexibility index (Phi) is 12.9. The van der Waals surface area contributed by atoms with Crippen molar-refractivity contribution in [2.45, 2.75) is 75.0 Å². The fourth-order valence-corrected chi connectivity index (χ4v) is 9.15. The molecule has 3 N–H and O–H groups in total. The number of fused-ring (bicyclic) bond motifs is 2. The van der Waals surface area contributed by atoms with Crippen molar-refractivity contribution in [3.63, 3.8) is 0 Å². The van der Waals surface area contributed by atoms with Crippen molar-refractivity contribution in [3.05, 3.63) is 117 Å². The lowest BCUT2D eigenvalue weighted by atomic mass is 9.81. The molecule has 2 aliphatic rings. The maximum atomic E-state index is 11.8. The number of esters is 1. The van der Waals surface area contributed by atoms with Gasteiger partial charge in [0.05, 0.1) is 29.6 Å². The number of amides is 2. The van der Waals surface area contributed by atoms with Gasteiger partial charge in [0.15, 0.2) is 0 Å². The maximum absolute atomic E-state index is 11.8. The highest BCUT2D eigenvalue weighted by atomic mass is 32.2. The zero-order valence-corrected chi connectivity index (χ0v) is 33.7. The number of hydrogen-bond donors (Lipinski definition) is 3. The van der Waals surface area contributed by atoms with Crippen molar-refractivity contribution in [2.24, 2.45) is 0 Å². The first kappa shape index (κ1) is 40.8. The van der Waals surface area contributed by atoms with Crippen LogP contribution in [0.15, 0.2) is 82.6 Å². The Morgan fingerprint density at radius 1 is 0.636 bits per heavy atom. The van der Waals surface area contributed by atoms with Crippen molar-refractivity contribution in [3.8, 4) is 23.7 Å². The van der Waals surface area contributed by atoms with Gasteiger partial charge in [0.1, 0.15) is 0 Å². The number of benzene rings is 4. The lowest BCUT2D eigenvalue weighted by Gasteiger charge is -2.32. The van der Waals surface area contributed by atoms with Gasteiger partial charge in [-0.2, -0.15) is 0 Å². The van der Waals surface area contributed by atoms with Gasteiger partial charge in [-0.3, -0.25) is 9.59 Å². The van der Waals surface area contributed by atoms with Crippen molar-refractivity contribution in [1.29, 1.82) is 0 Å². The van der Waals surface area contributed by atoms with E-state index >= 15 is 0 Å². The minimum atomic E-state index is -1.05. The number of carboxylic acids is 1. The highest BCUT2D eigenvalue weighted by molar-refractivity contribution is 7.99. The topological polar surface area (TPSA) is 122 Å². The molecule has 4 aromatic rings. The Morgan fingerprint density at radius 2 is 1.07 bits per heavy atom. The first-order valence-electron chi connectivity index (χ1n) is 17.8. The van der Waals surface area contributed by atoms with E-state index in [1.54, 1.807) is 24.3 Å². The van der Waals surface area contributed by atoms with E-state index in [9.17, 15) is 19.2 Å². The standard InChI is InChI=1S/C23H23NO3S.C22H21NO3S/c1-15(25)24-20-14-18(22(26)27-4)9-8-17(20)7-5-16-6-10-21-19(13-16)23(2,3)11-12-28-21;1-14(24)23-19-13-17(21(25)26)8-7-16(19)6-4-15-5-9-20-18(12-15)22(2,3)10-11-27-20/h6,8-10,13-14H,11-12H2,1-4H3,(H,24,25);5,7-9,12-13H,10-11H2,1-3H3,(H,23,24)(H,25,26). The molecule has 0 bridgehead atoms. The van der Waals surface area contributed by atoms with E-state index < -0.39 is 11.9 Å². The van der Waals surface area contributed by atoms with Crippen LogP contribution in [-0.2, 0) is 25.2 Å². The Hall–Kier alpha value is -5.42. The lowest BCUT2D eigenvalue weighted by molar-refractivity contribution is -0.115. The van der Waals surface area contributed by atoms with E-state index in [0.29, 0.717) is 28.1 Å². The average Bonchev–Trinajstić information content (AvgIpc) is 3.13. The molecule has 6 rings (SSSR count). The highest BCUT2D eigenvalue weighted by Gasteiger charge is 2.29. The summed E-state index contributed by atoms with van der Waals surface area (Å²) in [5.74, 6) is 12.8. The smallest absolute Gasteiger partial charge is 0.337 e.